The summed E-state index contributed by atoms with van der Waals surface area (Å²) in [5.74, 6) is 0.131. The van der Waals surface area contributed by atoms with Crippen molar-refractivity contribution in [1.29, 1.82) is 0 Å². The molecule has 0 aromatic carbocycles. The molecule has 0 saturated carbocycles. The van der Waals surface area contributed by atoms with Gasteiger partial charge in [0.15, 0.2) is 0 Å². The maximum Gasteiger partial charge on any atom is 0.266 e. The predicted octanol–water partition coefficient (Wildman–Crippen LogP) is 5.01. The third-order valence-corrected chi connectivity index (χ3v) is 6.03. The molecular formula is C21H42NNaO4S. The molecule has 3 N–H and O–H groups in total. The molecule has 0 unspecified atom stereocenters. The standard InChI is InChI=1S/C19H35O.C2H7NO3S.Na/c1-3-4-5-6-7-8-9-10-11-12-13-14-15-16-17-18-19(2)20;3-1-2-7(4,5)6;/h10-11H,2-9,12-18H2,1H3;1-3H2,(H,4,5,6);/b11-10-;;. The molecule has 0 bridgehead atoms. The second-order valence-electron chi connectivity index (χ2n) is 7.30. The summed E-state index contributed by atoms with van der Waals surface area (Å²) in [6.45, 7) is 2.24. The Bertz CT molecular complexity index is 467. The first-order chi connectivity index (χ1) is 13.4. The number of allylic oxidation sites excluding steroid dienone is 2. The quantitative estimate of drug-likeness (QED) is 0.139. The minimum Gasteiger partial charge on any atom is -0.329 e. The molecule has 0 amide bonds. The second-order valence-corrected chi connectivity index (χ2v) is 9.58. The number of hydrogen-bond donors (Lipinski definition) is 2. The zero-order valence-electron chi connectivity index (χ0n) is 18.3. The van der Waals surface area contributed by atoms with Crippen LogP contribution in [0, 0.1) is 0 Å². The molecule has 7 heteroatoms. The fraction of sp³-hybridized carbons (Fsp3) is 0.857. The Morgan fingerprint density at radius 2 is 1.36 bits per heavy atom. The molecule has 0 aliphatic rings. The van der Waals surface area contributed by atoms with E-state index in [9.17, 15) is 13.2 Å². The van der Waals surface area contributed by atoms with Crippen LogP contribution in [0.15, 0.2) is 12.2 Å². The Balaban J connectivity index is 0. The Hall–Kier alpha value is 0.280. The van der Waals surface area contributed by atoms with E-state index in [-0.39, 0.29) is 12.3 Å². The zero-order valence-corrected chi connectivity index (χ0v) is 21.1. The van der Waals surface area contributed by atoms with Gasteiger partial charge < -0.3 is 5.73 Å². The van der Waals surface area contributed by atoms with Crippen molar-refractivity contribution in [1.82, 2.24) is 0 Å². The average Bonchev–Trinajstić information content (AvgIpc) is 2.64. The van der Waals surface area contributed by atoms with Crippen molar-refractivity contribution in [3.8, 4) is 0 Å². The Kier molecular flexibility index (Phi) is 25.6. The SMILES string of the molecule is CCCCCCCC/C=C\CCCCCCCC(=O)[CH2][Na].NCCS(=O)(=O)O. The van der Waals surface area contributed by atoms with Gasteiger partial charge in [0.05, 0.1) is 5.75 Å². The predicted molar refractivity (Wildman–Crippen MR) is 120 cm³/mol. The van der Waals surface area contributed by atoms with Crippen molar-refractivity contribution in [2.24, 2.45) is 5.73 Å². The van der Waals surface area contributed by atoms with Crippen molar-refractivity contribution in [2.45, 2.75) is 100 Å². The van der Waals surface area contributed by atoms with Crippen LogP contribution in [-0.2, 0) is 14.9 Å². The monoisotopic (exact) mass is 427 g/mol. The largest absolute Gasteiger partial charge is 0.329 e. The number of unbranched alkanes of at least 4 members (excludes halogenated alkanes) is 11. The number of hydrogen-bond acceptors (Lipinski definition) is 4. The van der Waals surface area contributed by atoms with Crippen LogP contribution in [-0.4, -0.2) is 59.0 Å². The van der Waals surface area contributed by atoms with Crippen LogP contribution in [0.1, 0.15) is 96.8 Å². The molecular weight excluding hydrogens is 385 g/mol. The number of rotatable bonds is 18. The summed E-state index contributed by atoms with van der Waals surface area (Å²) in [7, 11) is -3.80. The van der Waals surface area contributed by atoms with E-state index in [1.54, 1.807) is 0 Å². The average molecular weight is 428 g/mol. The third kappa shape index (κ3) is 31.0. The van der Waals surface area contributed by atoms with E-state index in [2.05, 4.69) is 19.1 Å². The molecule has 0 fully saturated rings. The van der Waals surface area contributed by atoms with Gasteiger partial charge in [-0.05, 0) is 6.42 Å². The van der Waals surface area contributed by atoms with Gasteiger partial charge in [0.25, 0.3) is 10.1 Å². The molecule has 0 saturated heterocycles. The Morgan fingerprint density at radius 1 is 0.893 bits per heavy atom. The number of nitrogens with two attached hydrogens (primary N) is 1. The first-order valence-electron chi connectivity index (χ1n) is 11.2. The van der Waals surface area contributed by atoms with Gasteiger partial charge in [-0.25, -0.2) is 0 Å². The molecule has 0 spiro atoms. The van der Waals surface area contributed by atoms with E-state index in [1.807, 2.05) is 0 Å². The molecule has 28 heavy (non-hydrogen) atoms. The summed E-state index contributed by atoms with van der Waals surface area (Å²) in [5, 5.41) is 0. The van der Waals surface area contributed by atoms with Crippen LogP contribution in [0.5, 0.6) is 0 Å². The molecule has 162 valence electrons. The van der Waals surface area contributed by atoms with Crippen LogP contribution in [0.25, 0.3) is 0 Å². The molecule has 0 aliphatic heterocycles. The van der Waals surface area contributed by atoms with Crippen LogP contribution in [0.3, 0.4) is 0 Å². The first-order valence-corrected chi connectivity index (χ1v) is 14.2. The third-order valence-electron chi connectivity index (χ3n) is 4.49. The second kappa shape index (κ2) is 23.6. The fourth-order valence-electron chi connectivity index (χ4n) is 2.72. The summed E-state index contributed by atoms with van der Waals surface area (Å²) >= 11 is 1.04. The molecule has 0 radical (unpaired) electrons. The number of ketones is 1. The minimum atomic E-state index is -3.80. The summed E-state index contributed by atoms with van der Waals surface area (Å²) < 4.78 is 28.2. The summed E-state index contributed by atoms with van der Waals surface area (Å²) in [5.41, 5.74) is 4.78. The van der Waals surface area contributed by atoms with Crippen molar-refractivity contribution in [3.05, 3.63) is 12.2 Å². The summed E-state index contributed by atoms with van der Waals surface area (Å²) in [6, 6.07) is 0. The summed E-state index contributed by atoms with van der Waals surface area (Å²) in [4.78, 5) is 11.2. The van der Waals surface area contributed by atoms with Crippen molar-refractivity contribution < 1.29 is 17.8 Å². The van der Waals surface area contributed by atoms with E-state index in [0.29, 0.717) is 5.78 Å². The Morgan fingerprint density at radius 3 is 1.75 bits per heavy atom. The molecule has 0 aliphatic carbocycles. The maximum atomic E-state index is 11.2. The van der Waals surface area contributed by atoms with Gasteiger partial charge in [0.1, 0.15) is 0 Å². The fourth-order valence-corrected chi connectivity index (χ4v) is 3.37. The first kappa shape index (κ1) is 30.5. The van der Waals surface area contributed by atoms with E-state index in [1.165, 1.54) is 77.0 Å². The van der Waals surface area contributed by atoms with Gasteiger partial charge in [0, 0.05) is 6.54 Å². The minimum absolute atomic E-state index is 0.0289. The van der Waals surface area contributed by atoms with Gasteiger partial charge in [-0.15, -0.1) is 0 Å². The summed E-state index contributed by atoms with van der Waals surface area (Å²) in [6.07, 6.45) is 22.8. The smallest absolute Gasteiger partial charge is 0.266 e. The van der Waals surface area contributed by atoms with Crippen LogP contribution >= 0.6 is 0 Å². The Labute approximate surface area is 191 Å². The van der Waals surface area contributed by atoms with Crippen LogP contribution in [0.4, 0.5) is 0 Å². The van der Waals surface area contributed by atoms with E-state index in [4.69, 9.17) is 10.3 Å². The van der Waals surface area contributed by atoms with E-state index >= 15 is 0 Å². The maximum absolute atomic E-state index is 11.2. The number of carbonyl (C=O) groups excluding carboxylic acids is 1. The van der Waals surface area contributed by atoms with Crippen LogP contribution in [0.2, 0.25) is 3.67 Å². The number of Topliss-reactive ketones (excluding diaryl/α,β-unsaturated/α-hetero) is 1. The molecule has 0 heterocycles. The van der Waals surface area contributed by atoms with E-state index < -0.39 is 10.1 Å². The molecule has 5 nitrogen and oxygen atoms in total. The molecule has 0 atom stereocenters. The van der Waals surface area contributed by atoms with Gasteiger partial charge in [-0.1, -0.05) is 39.0 Å². The molecule has 0 aromatic rings. The van der Waals surface area contributed by atoms with Crippen molar-refractivity contribution >= 4 is 43.8 Å². The molecule has 0 rings (SSSR count). The van der Waals surface area contributed by atoms with Gasteiger partial charge in [0.2, 0.25) is 0 Å². The van der Waals surface area contributed by atoms with Crippen molar-refractivity contribution in [2.75, 3.05) is 12.3 Å². The zero-order chi connectivity index (χ0) is 21.5. The van der Waals surface area contributed by atoms with Crippen molar-refractivity contribution in [3.63, 3.8) is 0 Å². The van der Waals surface area contributed by atoms with Gasteiger partial charge in [-0.2, -0.15) is 8.42 Å². The van der Waals surface area contributed by atoms with Gasteiger partial charge in [-0.3, -0.25) is 4.55 Å². The molecule has 0 aromatic heterocycles. The van der Waals surface area contributed by atoms with E-state index in [0.717, 1.165) is 44.4 Å². The van der Waals surface area contributed by atoms with Gasteiger partial charge >= 0.3 is 106 Å². The van der Waals surface area contributed by atoms with Crippen LogP contribution < -0.4 is 5.73 Å². The topological polar surface area (TPSA) is 97.5 Å². The normalized spacial score (nSPS) is 11.5. The number of carbonyl (C=O) groups is 1.